The molecule has 0 unspecified atom stereocenters. The van der Waals surface area contributed by atoms with E-state index in [4.69, 9.17) is 0 Å². The fourth-order valence-corrected chi connectivity index (χ4v) is 1.14. The van der Waals surface area contributed by atoms with Crippen molar-refractivity contribution in [1.82, 2.24) is 15.4 Å². The zero-order valence-electron chi connectivity index (χ0n) is 7.07. The van der Waals surface area contributed by atoms with Crippen LogP contribution in [0.1, 0.15) is 13.8 Å². The Bertz CT molecular complexity index is 424. The van der Waals surface area contributed by atoms with E-state index in [9.17, 15) is 0 Å². The maximum Gasteiger partial charge on any atom is 0.111 e. The lowest BCUT2D eigenvalue weighted by atomic mass is 9.95. The third kappa shape index (κ3) is 1.15. The molecule has 4 heteroatoms. The Morgan fingerprint density at radius 2 is 2.25 bits per heavy atom. The van der Waals surface area contributed by atoms with E-state index < -0.39 is 0 Å². The number of hydrogen-bond acceptors (Lipinski definition) is 3. The van der Waals surface area contributed by atoms with Gasteiger partial charge in [-0.25, -0.2) is 0 Å². The predicted molar refractivity (Wildman–Crippen MR) is 46.8 cm³/mol. The third-order valence-electron chi connectivity index (χ3n) is 1.72. The molecule has 0 amide bonds. The molecule has 62 valence electrons. The average molecular weight is 162 g/mol. The minimum absolute atomic E-state index is 0.0430. The highest BCUT2D eigenvalue weighted by atomic mass is 15.3. The van der Waals surface area contributed by atoms with Crippen LogP contribution >= 0.6 is 0 Å². The summed E-state index contributed by atoms with van der Waals surface area (Å²) in [7, 11) is 0. The number of aliphatic imine (C=N–C) groups is 1. The molecule has 1 aliphatic heterocycles. The fourth-order valence-electron chi connectivity index (χ4n) is 1.14. The molecular formula is C8H10N4. The molecule has 4 nitrogen and oxygen atoms in total. The van der Waals surface area contributed by atoms with Crippen LogP contribution in [0.15, 0.2) is 4.99 Å². The second kappa shape index (κ2) is 2.27. The van der Waals surface area contributed by atoms with Crippen LogP contribution in [-0.4, -0.2) is 21.6 Å². The van der Waals surface area contributed by atoms with Gasteiger partial charge in [0.05, 0.1) is 6.20 Å². The number of fused-ring (bicyclic) bond motifs is 1. The van der Waals surface area contributed by atoms with E-state index in [0.29, 0.717) is 0 Å². The number of rotatable bonds is 0. The molecule has 2 rings (SSSR count). The Morgan fingerprint density at radius 3 is 3.08 bits per heavy atom. The highest BCUT2D eigenvalue weighted by Gasteiger charge is 2.12. The Kier molecular flexibility index (Phi) is 1.36. The summed E-state index contributed by atoms with van der Waals surface area (Å²) in [6.45, 7) is 4.16. The summed E-state index contributed by atoms with van der Waals surface area (Å²) in [5.41, 5.74) is -0.0430. The third-order valence-corrected chi connectivity index (χ3v) is 1.72. The number of aromatic amines is 1. The number of hydrogen-bond donors (Lipinski definition) is 1. The summed E-state index contributed by atoms with van der Waals surface area (Å²) in [5.74, 6) is 0. The SMILES string of the molecule is CC1(C)C=NC=c2[nH]nnc2=C1. The van der Waals surface area contributed by atoms with Crippen LogP contribution in [0.5, 0.6) is 0 Å². The highest BCUT2D eigenvalue weighted by Crippen LogP contribution is 2.13. The van der Waals surface area contributed by atoms with Gasteiger partial charge in [0.15, 0.2) is 0 Å². The van der Waals surface area contributed by atoms with Crippen molar-refractivity contribution < 1.29 is 0 Å². The quantitative estimate of drug-likeness (QED) is 0.555. The van der Waals surface area contributed by atoms with Gasteiger partial charge in [-0.1, -0.05) is 19.1 Å². The molecule has 1 aliphatic rings. The molecule has 0 bridgehead atoms. The number of aromatic nitrogens is 3. The van der Waals surface area contributed by atoms with Gasteiger partial charge in [-0.15, -0.1) is 5.10 Å². The molecule has 0 saturated heterocycles. The topological polar surface area (TPSA) is 53.9 Å². The smallest absolute Gasteiger partial charge is 0.111 e. The second-order valence-corrected chi connectivity index (χ2v) is 3.48. The largest absolute Gasteiger partial charge is 0.266 e. The number of nitrogens with one attached hydrogen (secondary N) is 1. The van der Waals surface area contributed by atoms with Crippen LogP contribution in [0, 0.1) is 5.41 Å². The minimum atomic E-state index is -0.0430. The maximum atomic E-state index is 4.14. The maximum absolute atomic E-state index is 4.14. The fraction of sp³-hybridized carbons (Fsp3) is 0.375. The summed E-state index contributed by atoms with van der Waals surface area (Å²) in [4.78, 5) is 4.14. The summed E-state index contributed by atoms with van der Waals surface area (Å²) in [5, 5.41) is 12.2. The van der Waals surface area contributed by atoms with Gasteiger partial charge < -0.3 is 0 Å². The first kappa shape index (κ1) is 7.21. The Hall–Kier alpha value is -1.45. The first-order valence-corrected chi connectivity index (χ1v) is 3.82. The molecule has 0 fully saturated rings. The predicted octanol–water partition coefficient (Wildman–Crippen LogP) is -0.566. The lowest BCUT2D eigenvalue weighted by Gasteiger charge is -2.10. The molecule has 2 heterocycles. The van der Waals surface area contributed by atoms with Crippen LogP contribution in [0.25, 0.3) is 12.3 Å². The lowest BCUT2D eigenvalue weighted by Crippen LogP contribution is -2.26. The van der Waals surface area contributed by atoms with E-state index in [2.05, 4.69) is 34.3 Å². The van der Waals surface area contributed by atoms with Crippen LogP contribution in [-0.2, 0) is 0 Å². The van der Waals surface area contributed by atoms with Gasteiger partial charge in [0.25, 0.3) is 0 Å². The van der Waals surface area contributed by atoms with Crippen molar-refractivity contribution in [2.75, 3.05) is 0 Å². The molecule has 0 aromatic carbocycles. The van der Waals surface area contributed by atoms with Gasteiger partial charge in [-0.2, -0.15) is 0 Å². The molecule has 0 radical (unpaired) electrons. The minimum Gasteiger partial charge on any atom is -0.266 e. The Labute approximate surface area is 69.7 Å². The van der Waals surface area contributed by atoms with Crippen molar-refractivity contribution in [3.63, 3.8) is 0 Å². The van der Waals surface area contributed by atoms with E-state index >= 15 is 0 Å². The van der Waals surface area contributed by atoms with Crippen LogP contribution in [0.2, 0.25) is 0 Å². The van der Waals surface area contributed by atoms with Gasteiger partial charge in [-0.05, 0) is 6.08 Å². The Morgan fingerprint density at radius 1 is 1.42 bits per heavy atom. The van der Waals surface area contributed by atoms with Crippen molar-refractivity contribution in [2.24, 2.45) is 10.4 Å². The highest BCUT2D eigenvalue weighted by molar-refractivity contribution is 5.76. The van der Waals surface area contributed by atoms with Gasteiger partial charge in [0, 0.05) is 11.6 Å². The average Bonchev–Trinajstić information content (AvgIpc) is 2.31. The monoisotopic (exact) mass is 162 g/mol. The van der Waals surface area contributed by atoms with E-state index in [-0.39, 0.29) is 5.41 Å². The molecule has 1 aromatic heterocycles. The summed E-state index contributed by atoms with van der Waals surface area (Å²) >= 11 is 0. The van der Waals surface area contributed by atoms with Crippen molar-refractivity contribution >= 4 is 18.5 Å². The molecule has 1 N–H and O–H groups in total. The van der Waals surface area contributed by atoms with E-state index in [1.807, 2.05) is 12.3 Å². The number of H-pyrrole nitrogens is 1. The standard InChI is InChI=1S/C8H10N4/c1-8(2)3-6-7(4-9-5-8)11-12-10-6/h3-5H,1-2H3,(H,10,11). The normalized spacial score (nSPS) is 18.8. The summed E-state index contributed by atoms with van der Waals surface area (Å²) in [6, 6.07) is 0. The molecule has 1 aromatic rings. The molecule has 12 heavy (non-hydrogen) atoms. The molecular weight excluding hydrogens is 152 g/mol. The molecule has 0 aliphatic carbocycles. The van der Waals surface area contributed by atoms with Gasteiger partial charge in [0.1, 0.15) is 10.7 Å². The summed E-state index contributed by atoms with van der Waals surface area (Å²) < 4.78 is 0. The first-order valence-electron chi connectivity index (χ1n) is 3.82. The van der Waals surface area contributed by atoms with Crippen molar-refractivity contribution in [2.45, 2.75) is 13.8 Å². The first-order chi connectivity index (χ1) is 5.67. The second-order valence-electron chi connectivity index (χ2n) is 3.48. The molecule has 0 spiro atoms. The van der Waals surface area contributed by atoms with E-state index in [0.717, 1.165) is 10.7 Å². The zero-order chi connectivity index (χ0) is 8.60. The van der Waals surface area contributed by atoms with E-state index in [1.165, 1.54) is 0 Å². The van der Waals surface area contributed by atoms with E-state index in [1.54, 1.807) is 6.20 Å². The van der Waals surface area contributed by atoms with Crippen LogP contribution < -0.4 is 10.7 Å². The Balaban J connectivity index is 2.75. The van der Waals surface area contributed by atoms with Crippen molar-refractivity contribution in [1.29, 1.82) is 0 Å². The summed E-state index contributed by atoms with van der Waals surface area (Å²) in [6.07, 6.45) is 5.67. The van der Waals surface area contributed by atoms with Gasteiger partial charge >= 0.3 is 0 Å². The van der Waals surface area contributed by atoms with Gasteiger partial charge in [-0.3, -0.25) is 10.1 Å². The van der Waals surface area contributed by atoms with Crippen molar-refractivity contribution in [3.8, 4) is 0 Å². The van der Waals surface area contributed by atoms with Crippen LogP contribution in [0.4, 0.5) is 0 Å². The van der Waals surface area contributed by atoms with Crippen LogP contribution in [0.3, 0.4) is 0 Å². The van der Waals surface area contributed by atoms with Crippen molar-refractivity contribution in [3.05, 3.63) is 10.7 Å². The molecule has 0 saturated carbocycles. The molecule has 0 atom stereocenters. The lowest BCUT2D eigenvalue weighted by molar-refractivity contribution is 0.738. The van der Waals surface area contributed by atoms with Gasteiger partial charge in [0.2, 0.25) is 0 Å². The zero-order valence-corrected chi connectivity index (χ0v) is 7.07. The number of nitrogens with zero attached hydrogens (tertiary/aromatic N) is 3.